The van der Waals surface area contributed by atoms with Crippen molar-refractivity contribution < 1.29 is 0 Å². The molecule has 4 nitrogen and oxygen atoms in total. The first-order valence-corrected chi connectivity index (χ1v) is 6.14. The number of hydrogen-bond acceptors (Lipinski definition) is 3. The first-order valence-electron chi connectivity index (χ1n) is 6.14. The van der Waals surface area contributed by atoms with E-state index in [1.165, 1.54) is 24.0 Å². The molecule has 1 N–H and O–H groups in total. The number of imidazole rings is 1. The Morgan fingerprint density at radius 3 is 3.06 bits per heavy atom. The maximum absolute atomic E-state index is 4.59. The normalized spacial score (nSPS) is 20.0. The van der Waals surface area contributed by atoms with Gasteiger partial charge in [-0.3, -0.25) is 0 Å². The zero-order valence-electron chi connectivity index (χ0n) is 10.3. The fourth-order valence-electron chi connectivity index (χ4n) is 2.57. The Bertz CT molecular complexity index is 523. The Balaban J connectivity index is 2.12. The number of nitrogens with zero attached hydrogens (tertiary/aromatic N) is 3. The highest BCUT2D eigenvalue weighted by molar-refractivity contribution is 5.72. The molecule has 17 heavy (non-hydrogen) atoms. The van der Waals surface area contributed by atoms with Crippen molar-refractivity contribution in [3.05, 3.63) is 30.4 Å². The number of rotatable bonds is 2. The fourth-order valence-corrected chi connectivity index (χ4v) is 2.57. The van der Waals surface area contributed by atoms with Crippen LogP contribution in [0.5, 0.6) is 0 Å². The second kappa shape index (κ2) is 4.04. The van der Waals surface area contributed by atoms with Crippen LogP contribution < -0.4 is 10.2 Å². The molecule has 0 saturated carbocycles. The van der Waals surface area contributed by atoms with Crippen LogP contribution in [0.25, 0.3) is 5.52 Å². The van der Waals surface area contributed by atoms with Crippen LogP contribution in [0.3, 0.4) is 0 Å². The zero-order valence-corrected chi connectivity index (χ0v) is 10.3. The lowest BCUT2D eigenvalue weighted by Gasteiger charge is -2.15. The van der Waals surface area contributed by atoms with E-state index < -0.39 is 0 Å². The summed E-state index contributed by atoms with van der Waals surface area (Å²) < 4.78 is 2.21. The molecule has 3 rings (SSSR count). The molecule has 2 aromatic heterocycles. The average Bonchev–Trinajstić information content (AvgIpc) is 2.96. The van der Waals surface area contributed by atoms with Crippen molar-refractivity contribution in [1.82, 2.24) is 14.7 Å². The maximum atomic E-state index is 4.59. The van der Waals surface area contributed by atoms with Crippen molar-refractivity contribution in [2.75, 3.05) is 25.5 Å². The fraction of sp³-hybridized carbons (Fsp3) is 0.462. The van der Waals surface area contributed by atoms with Crippen molar-refractivity contribution in [2.45, 2.75) is 18.9 Å². The van der Waals surface area contributed by atoms with Crippen molar-refractivity contribution >= 4 is 11.2 Å². The zero-order chi connectivity index (χ0) is 11.8. The van der Waals surface area contributed by atoms with Crippen LogP contribution in [-0.4, -0.2) is 30.0 Å². The standard InChI is InChI=1S/C13H18N4/c1-16(2)11-6-4-8-17-12(11)9-15-13(17)10-5-3-7-14-10/h4,6,8-10,14H,3,5,7H2,1-2H3. The van der Waals surface area contributed by atoms with E-state index in [-0.39, 0.29) is 0 Å². The van der Waals surface area contributed by atoms with Gasteiger partial charge < -0.3 is 14.6 Å². The Kier molecular flexibility index (Phi) is 2.52. The van der Waals surface area contributed by atoms with Crippen LogP contribution in [0.1, 0.15) is 24.7 Å². The Morgan fingerprint density at radius 2 is 2.35 bits per heavy atom. The number of aromatic nitrogens is 2. The lowest BCUT2D eigenvalue weighted by Crippen LogP contribution is -2.16. The monoisotopic (exact) mass is 230 g/mol. The van der Waals surface area contributed by atoms with Gasteiger partial charge in [0.25, 0.3) is 0 Å². The van der Waals surface area contributed by atoms with E-state index in [2.05, 4.69) is 52.0 Å². The summed E-state index contributed by atoms with van der Waals surface area (Å²) in [6.45, 7) is 1.10. The van der Waals surface area contributed by atoms with Gasteiger partial charge in [-0.2, -0.15) is 0 Å². The lowest BCUT2D eigenvalue weighted by atomic mass is 10.2. The molecule has 0 spiro atoms. The van der Waals surface area contributed by atoms with Crippen molar-refractivity contribution in [2.24, 2.45) is 0 Å². The smallest absolute Gasteiger partial charge is 0.130 e. The molecule has 0 aliphatic carbocycles. The maximum Gasteiger partial charge on any atom is 0.130 e. The number of anilines is 1. The summed E-state index contributed by atoms with van der Waals surface area (Å²) in [4.78, 5) is 6.72. The third-order valence-corrected chi connectivity index (χ3v) is 3.43. The molecule has 1 aliphatic rings. The topological polar surface area (TPSA) is 32.6 Å². The SMILES string of the molecule is CN(C)c1cccn2c(C3CCCN3)ncc12. The summed E-state index contributed by atoms with van der Waals surface area (Å²) in [5.41, 5.74) is 2.39. The highest BCUT2D eigenvalue weighted by atomic mass is 15.1. The Hall–Kier alpha value is -1.55. The molecule has 1 unspecified atom stereocenters. The summed E-state index contributed by atoms with van der Waals surface area (Å²) >= 11 is 0. The van der Waals surface area contributed by atoms with Gasteiger partial charge in [-0.15, -0.1) is 0 Å². The van der Waals surface area contributed by atoms with Gasteiger partial charge in [0.15, 0.2) is 0 Å². The summed E-state index contributed by atoms with van der Waals surface area (Å²) in [6.07, 6.45) is 6.51. The highest BCUT2D eigenvalue weighted by Crippen LogP contribution is 2.26. The Morgan fingerprint density at radius 1 is 1.47 bits per heavy atom. The van der Waals surface area contributed by atoms with E-state index in [4.69, 9.17) is 0 Å². The third-order valence-electron chi connectivity index (χ3n) is 3.43. The summed E-state index contributed by atoms with van der Waals surface area (Å²) in [7, 11) is 4.13. The van der Waals surface area contributed by atoms with Gasteiger partial charge in [0.2, 0.25) is 0 Å². The molecule has 1 aliphatic heterocycles. The van der Waals surface area contributed by atoms with E-state index in [0.717, 1.165) is 12.4 Å². The molecule has 1 fully saturated rings. The molecule has 2 aromatic rings. The van der Waals surface area contributed by atoms with E-state index in [0.29, 0.717) is 6.04 Å². The molecule has 0 radical (unpaired) electrons. The van der Waals surface area contributed by atoms with Gasteiger partial charge in [0, 0.05) is 20.3 Å². The van der Waals surface area contributed by atoms with Crippen LogP contribution in [0.2, 0.25) is 0 Å². The van der Waals surface area contributed by atoms with Crippen molar-refractivity contribution in [3.63, 3.8) is 0 Å². The van der Waals surface area contributed by atoms with E-state index in [1.54, 1.807) is 0 Å². The predicted octanol–water partition coefficient (Wildman–Crippen LogP) is 1.82. The molecule has 1 atom stereocenters. The summed E-state index contributed by atoms with van der Waals surface area (Å²) in [6, 6.07) is 4.63. The summed E-state index contributed by atoms with van der Waals surface area (Å²) in [5.74, 6) is 1.14. The third kappa shape index (κ3) is 1.69. The molecular formula is C13H18N4. The highest BCUT2D eigenvalue weighted by Gasteiger charge is 2.21. The van der Waals surface area contributed by atoms with Gasteiger partial charge in [0.05, 0.1) is 23.4 Å². The van der Waals surface area contributed by atoms with Crippen LogP contribution in [-0.2, 0) is 0 Å². The number of fused-ring (bicyclic) bond motifs is 1. The van der Waals surface area contributed by atoms with Gasteiger partial charge in [-0.1, -0.05) is 0 Å². The minimum Gasteiger partial charge on any atom is -0.376 e. The molecule has 3 heterocycles. The van der Waals surface area contributed by atoms with Crippen LogP contribution in [0.15, 0.2) is 24.5 Å². The van der Waals surface area contributed by atoms with Crippen LogP contribution in [0.4, 0.5) is 5.69 Å². The minimum absolute atomic E-state index is 0.412. The van der Waals surface area contributed by atoms with Gasteiger partial charge in [0.1, 0.15) is 5.82 Å². The minimum atomic E-state index is 0.412. The molecule has 4 heteroatoms. The molecular weight excluding hydrogens is 212 g/mol. The summed E-state index contributed by atoms with van der Waals surface area (Å²) in [5, 5.41) is 3.50. The predicted molar refractivity (Wildman–Crippen MR) is 69.5 cm³/mol. The van der Waals surface area contributed by atoms with Gasteiger partial charge >= 0.3 is 0 Å². The largest absolute Gasteiger partial charge is 0.376 e. The lowest BCUT2D eigenvalue weighted by molar-refractivity contribution is 0.602. The molecule has 0 amide bonds. The van der Waals surface area contributed by atoms with Crippen molar-refractivity contribution in [3.8, 4) is 0 Å². The van der Waals surface area contributed by atoms with E-state index in [1.807, 2.05) is 6.20 Å². The second-order valence-corrected chi connectivity index (χ2v) is 4.81. The molecule has 90 valence electrons. The first kappa shape index (κ1) is 10.6. The van der Waals surface area contributed by atoms with Gasteiger partial charge in [-0.05, 0) is 31.5 Å². The first-order chi connectivity index (χ1) is 8.27. The van der Waals surface area contributed by atoms with Crippen LogP contribution >= 0.6 is 0 Å². The second-order valence-electron chi connectivity index (χ2n) is 4.81. The van der Waals surface area contributed by atoms with Crippen molar-refractivity contribution in [1.29, 1.82) is 0 Å². The van der Waals surface area contributed by atoms with E-state index >= 15 is 0 Å². The van der Waals surface area contributed by atoms with Gasteiger partial charge in [-0.25, -0.2) is 4.98 Å². The number of pyridine rings is 1. The quantitative estimate of drug-likeness (QED) is 0.854. The number of nitrogens with one attached hydrogen (secondary N) is 1. The van der Waals surface area contributed by atoms with Crippen LogP contribution in [0, 0.1) is 0 Å². The Labute approximate surface area is 101 Å². The van der Waals surface area contributed by atoms with E-state index in [9.17, 15) is 0 Å². The molecule has 1 saturated heterocycles. The molecule has 0 aromatic carbocycles. The number of hydrogen-bond donors (Lipinski definition) is 1. The molecule has 0 bridgehead atoms. The average molecular weight is 230 g/mol.